The van der Waals surface area contributed by atoms with Gasteiger partial charge in [0, 0.05) is 17.6 Å². The number of benzene rings is 4. The zero-order valence-corrected chi connectivity index (χ0v) is 17.2. The molecule has 4 aromatic carbocycles. The molecule has 148 valence electrons. The van der Waals surface area contributed by atoms with Gasteiger partial charge in [0.05, 0.1) is 0 Å². The van der Waals surface area contributed by atoms with Gasteiger partial charge >= 0.3 is 0 Å². The Morgan fingerprint density at radius 3 is 1.19 bits per heavy atom. The molecular weight excluding hydrogens is 376 g/mol. The van der Waals surface area contributed by atoms with Crippen LogP contribution in [0.3, 0.4) is 0 Å². The summed E-state index contributed by atoms with van der Waals surface area (Å²) in [6.07, 6.45) is 0.384. The summed E-state index contributed by atoms with van der Waals surface area (Å²) >= 11 is 0. The van der Waals surface area contributed by atoms with Crippen LogP contribution in [-0.2, 0) is 4.79 Å². The molecule has 4 aromatic rings. The van der Waals surface area contributed by atoms with Gasteiger partial charge < -0.3 is 0 Å². The maximum absolute atomic E-state index is 13.6. The van der Waals surface area contributed by atoms with Crippen LogP contribution in [0.1, 0.15) is 28.7 Å². The van der Waals surface area contributed by atoms with E-state index in [2.05, 4.69) is 48.5 Å². The number of carbonyl (C=O) groups is 1. The second kappa shape index (κ2) is 8.41. The normalized spacial score (nSPS) is 14.1. The van der Waals surface area contributed by atoms with Crippen molar-refractivity contribution < 1.29 is 4.79 Å². The molecule has 0 saturated heterocycles. The van der Waals surface area contributed by atoms with Crippen molar-refractivity contribution in [2.24, 2.45) is 0 Å². The third kappa shape index (κ3) is 3.67. The van der Waals surface area contributed by atoms with Crippen molar-refractivity contribution in [3.63, 3.8) is 0 Å². The van der Waals surface area contributed by atoms with E-state index in [4.69, 9.17) is 0 Å². The molecule has 1 heteroatoms. The maximum atomic E-state index is 13.6. The van der Waals surface area contributed by atoms with E-state index in [1.807, 2.05) is 72.8 Å². The van der Waals surface area contributed by atoms with Crippen LogP contribution in [0.5, 0.6) is 0 Å². The SMILES string of the molecule is O=C1CC(c2ccccc2)=C(c2ccccc2)C(c2ccccc2)=C1c1ccccc1. The summed E-state index contributed by atoms with van der Waals surface area (Å²) in [5.41, 5.74) is 8.26. The number of ketones is 1. The van der Waals surface area contributed by atoms with Crippen molar-refractivity contribution in [3.05, 3.63) is 144 Å². The van der Waals surface area contributed by atoms with Crippen LogP contribution >= 0.6 is 0 Å². The summed E-state index contributed by atoms with van der Waals surface area (Å²) in [5, 5.41) is 0. The van der Waals surface area contributed by atoms with Gasteiger partial charge in [0.25, 0.3) is 0 Å². The standard InChI is InChI=1S/C30H22O/c31-27-21-26(22-13-5-1-6-14-22)28(23-15-7-2-8-16-23)30(25-19-11-4-12-20-25)29(27)24-17-9-3-10-18-24/h1-20H,21H2. The second-order valence-electron chi connectivity index (χ2n) is 7.67. The van der Waals surface area contributed by atoms with Crippen molar-refractivity contribution in [1.82, 2.24) is 0 Å². The van der Waals surface area contributed by atoms with Gasteiger partial charge in [-0.3, -0.25) is 4.79 Å². The Morgan fingerprint density at radius 2 is 0.742 bits per heavy atom. The van der Waals surface area contributed by atoms with E-state index in [1.165, 1.54) is 0 Å². The number of hydrogen-bond acceptors (Lipinski definition) is 1. The fourth-order valence-corrected chi connectivity index (χ4v) is 4.37. The lowest BCUT2D eigenvalue weighted by Crippen LogP contribution is -2.14. The molecule has 0 saturated carbocycles. The van der Waals surface area contributed by atoms with Crippen molar-refractivity contribution in [2.75, 3.05) is 0 Å². The quantitative estimate of drug-likeness (QED) is 0.356. The van der Waals surface area contributed by atoms with E-state index >= 15 is 0 Å². The maximum Gasteiger partial charge on any atom is 0.168 e. The lowest BCUT2D eigenvalue weighted by Gasteiger charge is -2.27. The van der Waals surface area contributed by atoms with Crippen LogP contribution in [-0.4, -0.2) is 5.78 Å². The Kier molecular flexibility index (Phi) is 5.16. The number of hydrogen-bond donors (Lipinski definition) is 0. The summed E-state index contributed by atoms with van der Waals surface area (Å²) in [6.45, 7) is 0. The van der Waals surface area contributed by atoms with Crippen LogP contribution in [0, 0.1) is 0 Å². The molecule has 0 amide bonds. The fourth-order valence-electron chi connectivity index (χ4n) is 4.37. The number of carbonyl (C=O) groups excluding carboxylic acids is 1. The predicted octanol–water partition coefficient (Wildman–Crippen LogP) is 7.18. The Morgan fingerprint density at radius 1 is 0.387 bits per heavy atom. The highest BCUT2D eigenvalue weighted by Gasteiger charge is 2.30. The van der Waals surface area contributed by atoms with Gasteiger partial charge in [0.2, 0.25) is 0 Å². The molecule has 0 aliphatic heterocycles. The summed E-state index contributed by atoms with van der Waals surface area (Å²) in [7, 11) is 0. The highest BCUT2D eigenvalue weighted by Crippen LogP contribution is 2.47. The van der Waals surface area contributed by atoms with Crippen molar-refractivity contribution >= 4 is 28.1 Å². The molecule has 0 radical (unpaired) electrons. The molecule has 0 heterocycles. The van der Waals surface area contributed by atoms with Gasteiger partial charge in [0.15, 0.2) is 5.78 Å². The van der Waals surface area contributed by atoms with E-state index in [9.17, 15) is 4.79 Å². The first kappa shape index (κ1) is 19.0. The highest BCUT2D eigenvalue weighted by atomic mass is 16.1. The minimum Gasteiger partial charge on any atom is -0.294 e. The average molecular weight is 399 g/mol. The molecule has 1 aliphatic rings. The summed E-state index contributed by atoms with van der Waals surface area (Å²) in [4.78, 5) is 13.6. The monoisotopic (exact) mass is 398 g/mol. The topological polar surface area (TPSA) is 17.1 Å². The minimum absolute atomic E-state index is 0.156. The third-order valence-corrected chi connectivity index (χ3v) is 5.73. The van der Waals surface area contributed by atoms with Crippen LogP contribution in [0.15, 0.2) is 121 Å². The predicted molar refractivity (Wildman–Crippen MR) is 129 cm³/mol. The van der Waals surface area contributed by atoms with E-state index in [1.54, 1.807) is 0 Å². The van der Waals surface area contributed by atoms with Crippen LogP contribution in [0.2, 0.25) is 0 Å². The molecule has 1 nitrogen and oxygen atoms in total. The zero-order valence-electron chi connectivity index (χ0n) is 17.2. The third-order valence-electron chi connectivity index (χ3n) is 5.73. The first-order chi connectivity index (χ1) is 15.3. The lowest BCUT2D eigenvalue weighted by atomic mass is 9.75. The van der Waals surface area contributed by atoms with Crippen LogP contribution in [0.25, 0.3) is 22.3 Å². The molecule has 1 aliphatic carbocycles. The van der Waals surface area contributed by atoms with Gasteiger partial charge in [-0.2, -0.15) is 0 Å². The van der Waals surface area contributed by atoms with Gasteiger partial charge in [-0.1, -0.05) is 121 Å². The largest absolute Gasteiger partial charge is 0.294 e. The smallest absolute Gasteiger partial charge is 0.168 e. The van der Waals surface area contributed by atoms with Crippen molar-refractivity contribution in [3.8, 4) is 0 Å². The summed E-state index contributed by atoms with van der Waals surface area (Å²) in [5.74, 6) is 0.156. The molecule has 0 bridgehead atoms. The van der Waals surface area contributed by atoms with Crippen molar-refractivity contribution in [2.45, 2.75) is 6.42 Å². The average Bonchev–Trinajstić information content (AvgIpc) is 2.85. The molecular formula is C30H22O. The van der Waals surface area contributed by atoms with E-state index in [0.29, 0.717) is 6.42 Å². The van der Waals surface area contributed by atoms with Crippen LogP contribution in [0.4, 0.5) is 0 Å². The van der Waals surface area contributed by atoms with Gasteiger partial charge in [-0.05, 0) is 33.4 Å². The van der Waals surface area contributed by atoms with Gasteiger partial charge in [-0.15, -0.1) is 0 Å². The van der Waals surface area contributed by atoms with Crippen LogP contribution < -0.4 is 0 Å². The lowest BCUT2D eigenvalue weighted by molar-refractivity contribution is -0.112. The Labute approximate surface area is 183 Å². The van der Waals surface area contributed by atoms with E-state index in [-0.39, 0.29) is 5.78 Å². The Balaban J connectivity index is 1.90. The highest BCUT2D eigenvalue weighted by molar-refractivity contribution is 6.41. The Bertz CT molecular complexity index is 1270. The number of Topliss-reactive ketones (excluding diaryl/α,β-unsaturated/α-hetero) is 1. The molecule has 0 fully saturated rings. The first-order valence-electron chi connectivity index (χ1n) is 10.6. The van der Waals surface area contributed by atoms with Crippen molar-refractivity contribution in [1.29, 1.82) is 0 Å². The number of allylic oxidation sites excluding steroid dienone is 4. The van der Waals surface area contributed by atoms with E-state index < -0.39 is 0 Å². The fraction of sp³-hybridized carbons (Fsp3) is 0.0333. The minimum atomic E-state index is 0.156. The molecule has 0 aromatic heterocycles. The van der Waals surface area contributed by atoms with E-state index in [0.717, 1.165) is 44.5 Å². The molecule has 5 rings (SSSR count). The second-order valence-corrected chi connectivity index (χ2v) is 7.67. The van der Waals surface area contributed by atoms with Gasteiger partial charge in [0.1, 0.15) is 0 Å². The molecule has 0 atom stereocenters. The molecule has 0 spiro atoms. The number of rotatable bonds is 4. The molecule has 0 unspecified atom stereocenters. The molecule has 31 heavy (non-hydrogen) atoms. The summed E-state index contributed by atoms with van der Waals surface area (Å²) < 4.78 is 0. The summed E-state index contributed by atoms with van der Waals surface area (Å²) in [6, 6.07) is 41.1. The Hall–Kier alpha value is -3.97. The zero-order chi connectivity index (χ0) is 21.0. The first-order valence-corrected chi connectivity index (χ1v) is 10.6. The molecule has 0 N–H and O–H groups in total. The van der Waals surface area contributed by atoms with Gasteiger partial charge in [-0.25, -0.2) is 0 Å².